The summed E-state index contributed by atoms with van der Waals surface area (Å²) in [6, 6.07) is 0.626. The molecule has 1 aromatic rings. The van der Waals surface area contributed by atoms with Gasteiger partial charge in [-0.25, -0.2) is 0 Å². The first-order valence-corrected chi connectivity index (χ1v) is 7.05. The van der Waals surface area contributed by atoms with Crippen molar-refractivity contribution in [2.75, 3.05) is 0 Å². The second-order valence-corrected chi connectivity index (χ2v) is 6.63. The standard InChI is InChI=1S/C14H26N4/c1-14(2,3)12-7-5-6-8-13(12)15-9-11-10-18(4)17-16-11/h10,12-13,15H,5-9H2,1-4H3. The van der Waals surface area contributed by atoms with Crippen molar-refractivity contribution in [1.29, 1.82) is 0 Å². The summed E-state index contributed by atoms with van der Waals surface area (Å²) in [4.78, 5) is 0. The molecule has 0 radical (unpaired) electrons. The lowest BCUT2D eigenvalue weighted by Gasteiger charge is -2.41. The molecule has 4 nitrogen and oxygen atoms in total. The molecule has 18 heavy (non-hydrogen) atoms. The van der Waals surface area contributed by atoms with Gasteiger partial charge in [0.2, 0.25) is 0 Å². The van der Waals surface area contributed by atoms with Gasteiger partial charge >= 0.3 is 0 Å². The highest BCUT2D eigenvalue weighted by Gasteiger charge is 2.33. The van der Waals surface area contributed by atoms with Crippen molar-refractivity contribution in [2.45, 2.75) is 59.0 Å². The van der Waals surface area contributed by atoms with Gasteiger partial charge in [0.25, 0.3) is 0 Å². The Kier molecular flexibility index (Phi) is 4.05. The van der Waals surface area contributed by atoms with Crippen LogP contribution in [0, 0.1) is 11.3 Å². The SMILES string of the molecule is Cn1cc(CNC2CCCCC2C(C)(C)C)nn1. The van der Waals surface area contributed by atoms with Crippen LogP contribution in [0.2, 0.25) is 0 Å². The molecule has 0 aromatic carbocycles. The Balaban J connectivity index is 1.93. The number of rotatable bonds is 3. The smallest absolute Gasteiger partial charge is 0.0964 e. The summed E-state index contributed by atoms with van der Waals surface area (Å²) in [5.74, 6) is 0.767. The van der Waals surface area contributed by atoms with E-state index >= 15 is 0 Å². The maximum absolute atomic E-state index is 4.14. The lowest BCUT2D eigenvalue weighted by atomic mass is 9.69. The van der Waals surface area contributed by atoms with E-state index in [-0.39, 0.29) is 0 Å². The number of hydrogen-bond acceptors (Lipinski definition) is 3. The van der Waals surface area contributed by atoms with Crippen LogP contribution in [-0.4, -0.2) is 21.0 Å². The first kappa shape index (κ1) is 13.5. The largest absolute Gasteiger partial charge is 0.308 e. The van der Waals surface area contributed by atoms with Gasteiger partial charge in [-0.2, -0.15) is 0 Å². The molecular weight excluding hydrogens is 224 g/mol. The molecule has 0 bridgehead atoms. The van der Waals surface area contributed by atoms with E-state index < -0.39 is 0 Å². The lowest BCUT2D eigenvalue weighted by Crippen LogP contribution is -2.43. The zero-order chi connectivity index (χ0) is 13.2. The van der Waals surface area contributed by atoms with Crippen LogP contribution in [0.4, 0.5) is 0 Å². The number of hydrogen-bond donors (Lipinski definition) is 1. The maximum Gasteiger partial charge on any atom is 0.0964 e. The van der Waals surface area contributed by atoms with E-state index in [0.717, 1.165) is 18.2 Å². The van der Waals surface area contributed by atoms with Crippen LogP contribution in [0.3, 0.4) is 0 Å². The van der Waals surface area contributed by atoms with Crippen molar-refractivity contribution in [3.63, 3.8) is 0 Å². The Morgan fingerprint density at radius 1 is 1.33 bits per heavy atom. The number of aryl methyl sites for hydroxylation is 1. The molecule has 102 valence electrons. The molecule has 0 amide bonds. The molecule has 0 saturated heterocycles. The van der Waals surface area contributed by atoms with E-state index in [9.17, 15) is 0 Å². The number of nitrogens with one attached hydrogen (secondary N) is 1. The highest BCUT2D eigenvalue weighted by atomic mass is 15.4. The average molecular weight is 250 g/mol. The Labute approximate surface area is 110 Å². The van der Waals surface area contributed by atoms with Crippen molar-refractivity contribution in [3.05, 3.63) is 11.9 Å². The van der Waals surface area contributed by atoms with Gasteiger partial charge in [0, 0.05) is 25.8 Å². The Hall–Kier alpha value is -0.900. The molecule has 1 saturated carbocycles. The van der Waals surface area contributed by atoms with Crippen molar-refractivity contribution >= 4 is 0 Å². The summed E-state index contributed by atoms with van der Waals surface area (Å²) in [5, 5.41) is 11.8. The van der Waals surface area contributed by atoms with E-state index in [1.807, 2.05) is 13.2 Å². The summed E-state index contributed by atoms with van der Waals surface area (Å²) < 4.78 is 1.76. The van der Waals surface area contributed by atoms with Crippen LogP contribution in [0.15, 0.2) is 6.20 Å². The Bertz CT molecular complexity index is 377. The zero-order valence-corrected chi connectivity index (χ0v) is 12.1. The minimum absolute atomic E-state index is 0.389. The van der Waals surface area contributed by atoms with Crippen molar-refractivity contribution in [2.24, 2.45) is 18.4 Å². The summed E-state index contributed by atoms with van der Waals surface area (Å²) in [6.45, 7) is 7.92. The Morgan fingerprint density at radius 2 is 2.06 bits per heavy atom. The minimum atomic E-state index is 0.389. The van der Waals surface area contributed by atoms with Crippen molar-refractivity contribution < 1.29 is 0 Å². The summed E-state index contributed by atoms with van der Waals surface area (Å²) in [6.07, 6.45) is 7.36. The van der Waals surface area contributed by atoms with Crippen LogP contribution >= 0.6 is 0 Å². The highest BCUT2D eigenvalue weighted by molar-refractivity contribution is 4.94. The maximum atomic E-state index is 4.14. The quantitative estimate of drug-likeness (QED) is 0.896. The topological polar surface area (TPSA) is 42.7 Å². The predicted molar refractivity (Wildman–Crippen MR) is 73.0 cm³/mol. The van der Waals surface area contributed by atoms with Crippen molar-refractivity contribution in [3.8, 4) is 0 Å². The number of aromatic nitrogens is 3. The van der Waals surface area contributed by atoms with Gasteiger partial charge in [0.05, 0.1) is 5.69 Å². The van der Waals surface area contributed by atoms with Crippen LogP contribution in [0.5, 0.6) is 0 Å². The third-order valence-electron chi connectivity index (χ3n) is 4.07. The van der Waals surface area contributed by atoms with Gasteiger partial charge in [0.15, 0.2) is 0 Å². The molecule has 2 atom stereocenters. The second-order valence-electron chi connectivity index (χ2n) is 6.63. The molecule has 0 spiro atoms. The fourth-order valence-electron chi connectivity index (χ4n) is 3.12. The molecule has 1 aliphatic rings. The molecule has 2 unspecified atom stereocenters. The zero-order valence-electron chi connectivity index (χ0n) is 12.1. The summed E-state index contributed by atoms with van der Waals surface area (Å²) in [7, 11) is 1.91. The molecule has 1 fully saturated rings. The van der Waals surface area contributed by atoms with Crippen LogP contribution < -0.4 is 5.32 Å². The van der Waals surface area contributed by atoms with Gasteiger partial charge in [0.1, 0.15) is 0 Å². The van der Waals surface area contributed by atoms with Gasteiger partial charge in [-0.1, -0.05) is 38.8 Å². The molecule has 1 aromatic heterocycles. The van der Waals surface area contributed by atoms with Gasteiger partial charge in [-0.3, -0.25) is 4.68 Å². The van der Waals surface area contributed by atoms with E-state index in [2.05, 4.69) is 36.4 Å². The van der Waals surface area contributed by atoms with Crippen molar-refractivity contribution in [1.82, 2.24) is 20.3 Å². The van der Waals surface area contributed by atoms with E-state index in [4.69, 9.17) is 0 Å². The van der Waals surface area contributed by atoms with Crippen LogP contribution in [0.25, 0.3) is 0 Å². The third kappa shape index (κ3) is 3.31. The first-order chi connectivity index (χ1) is 8.47. The normalized spacial score (nSPS) is 25.3. The molecular formula is C14H26N4. The Morgan fingerprint density at radius 3 is 2.67 bits per heavy atom. The average Bonchev–Trinajstić information content (AvgIpc) is 2.72. The molecule has 1 heterocycles. The van der Waals surface area contributed by atoms with E-state index in [0.29, 0.717) is 11.5 Å². The molecule has 4 heteroatoms. The van der Waals surface area contributed by atoms with E-state index in [1.54, 1.807) is 4.68 Å². The summed E-state index contributed by atoms with van der Waals surface area (Å²) in [5.41, 5.74) is 1.43. The highest BCUT2D eigenvalue weighted by Crippen LogP contribution is 2.38. The second kappa shape index (κ2) is 5.39. The summed E-state index contributed by atoms with van der Waals surface area (Å²) >= 11 is 0. The molecule has 0 aliphatic heterocycles. The van der Waals surface area contributed by atoms with Crippen LogP contribution in [0.1, 0.15) is 52.1 Å². The van der Waals surface area contributed by atoms with Gasteiger partial charge in [-0.15, -0.1) is 5.10 Å². The van der Waals surface area contributed by atoms with Gasteiger partial charge < -0.3 is 5.32 Å². The lowest BCUT2D eigenvalue weighted by molar-refractivity contribution is 0.130. The molecule has 2 rings (SSSR count). The fraction of sp³-hybridized carbons (Fsp3) is 0.857. The minimum Gasteiger partial charge on any atom is -0.308 e. The predicted octanol–water partition coefficient (Wildman–Crippen LogP) is 2.51. The monoisotopic (exact) mass is 250 g/mol. The molecule has 1 aliphatic carbocycles. The van der Waals surface area contributed by atoms with Crippen LogP contribution in [-0.2, 0) is 13.6 Å². The van der Waals surface area contributed by atoms with Gasteiger partial charge in [-0.05, 0) is 24.2 Å². The third-order valence-corrected chi connectivity index (χ3v) is 4.07. The first-order valence-electron chi connectivity index (χ1n) is 7.05. The fourth-order valence-corrected chi connectivity index (χ4v) is 3.12. The molecule has 1 N–H and O–H groups in total. The van der Waals surface area contributed by atoms with E-state index in [1.165, 1.54) is 25.7 Å². The number of nitrogens with zero attached hydrogens (tertiary/aromatic N) is 3.